The fourth-order valence-corrected chi connectivity index (χ4v) is 2.93. The van der Waals surface area contributed by atoms with Gasteiger partial charge in [-0.3, -0.25) is 10.1 Å². The van der Waals surface area contributed by atoms with Crippen LogP contribution in [0.1, 0.15) is 0 Å². The zero-order chi connectivity index (χ0) is 19.7. The fourth-order valence-electron chi connectivity index (χ4n) is 2.63. The molecule has 140 valence electrons. The summed E-state index contributed by atoms with van der Waals surface area (Å²) in [5.74, 6) is 0.242. The number of nitrogens with zero attached hydrogens (tertiary/aromatic N) is 3. The van der Waals surface area contributed by atoms with Gasteiger partial charge in [-0.05, 0) is 42.5 Å². The van der Waals surface area contributed by atoms with E-state index >= 15 is 0 Å². The predicted molar refractivity (Wildman–Crippen MR) is 110 cm³/mol. The maximum Gasteiger partial charge on any atom is 0.329 e. The van der Waals surface area contributed by atoms with Gasteiger partial charge in [0.1, 0.15) is 6.20 Å². The minimum Gasteiger partial charge on any atom is -0.361 e. The van der Waals surface area contributed by atoms with Crippen LogP contribution in [0.3, 0.4) is 0 Å². The summed E-state index contributed by atoms with van der Waals surface area (Å²) in [5, 5.41) is 19.0. The number of nitro groups is 1. The first-order valence-corrected chi connectivity index (χ1v) is 8.83. The molecule has 0 amide bonds. The molecule has 4 aromatic rings. The van der Waals surface area contributed by atoms with Crippen LogP contribution in [-0.2, 0) is 0 Å². The summed E-state index contributed by atoms with van der Waals surface area (Å²) in [6.07, 6.45) is 2.99. The SMILES string of the molecule is O=[N+]([O-])c1cnc(Nc2ccc3[nH]ccc3c2)nc1Nc1ccc(Cl)c(Cl)c1. The van der Waals surface area contributed by atoms with E-state index in [2.05, 4.69) is 25.6 Å². The van der Waals surface area contributed by atoms with Crippen molar-refractivity contribution in [2.75, 3.05) is 10.6 Å². The molecule has 0 fully saturated rings. The summed E-state index contributed by atoms with van der Waals surface area (Å²) in [6, 6.07) is 12.4. The van der Waals surface area contributed by atoms with Gasteiger partial charge in [-0.1, -0.05) is 23.2 Å². The van der Waals surface area contributed by atoms with Crippen molar-refractivity contribution in [3.63, 3.8) is 0 Å². The zero-order valence-corrected chi connectivity index (χ0v) is 15.6. The summed E-state index contributed by atoms with van der Waals surface area (Å²) >= 11 is 11.9. The molecule has 0 aliphatic carbocycles. The van der Waals surface area contributed by atoms with Gasteiger partial charge in [0.15, 0.2) is 0 Å². The van der Waals surface area contributed by atoms with Crippen LogP contribution in [0.4, 0.5) is 28.8 Å². The lowest BCUT2D eigenvalue weighted by Gasteiger charge is -2.10. The highest BCUT2D eigenvalue weighted by Crippen LogP contribution is 2.30. The van der Waals surface area contributed by atoms with Gasteiger partial charge in [-0.2, -0.15) is 4.98 Å². The highest BCUT2D eigenvalue weighted by Gasteiger charge is 2.18. The number of nitrogens with one attached hydrogen (secondary N) is 3. The molecule has 10 heteroatoms. The molecule has 0 unspecified atom stereocenters. The van der Waals surface area contributed by atoms with Crippen molar-refractivity contribution in [1.82, 2.24) is 15.0 Å². The lowest BCUT2D eigenvalue weighted by atomic mass is 10.2. The van der Waals surface area contributed by atoms with Crippen LogP contribution >= 0.6 is 23.2 Å². The van der Waals surface area contributed by atoms with Crippen LogP contribution in [0.15, 0.2) is 54.9 Å². The minimum atomic E-state index is -0.560. The second-order valence-corrected chi connectivity index (χ2v) is 6.66. The molecule has 28 heavy (non-hydrogen) atoms. The molecule has 0 aliphatic rings. The number of aromatic amines is 1. The number of H-pyrrole nitrogens is 1. The van der Waals surface area contributed by atoms with E-state index in [4.69, 9.17) is 23.2 Å². The number of fused-ring (bicyclic) bond motifs is 1. The Morgan fingerprint density at radius 1 is 1.00 bits per heavy atom. The molecule has 2 heterocycles. The van der Waals surface area contributed by atoms with Gasteiger partial charge in [-0.15, -0.1) is 0 Å². The number of halogens is 2. The lowest BCUT2D eigenvalue weighted by molar-refractivity contribution is -0.384. The highest BCUT2D eigenvalue weighted by atomic mass is 35.5. The molecule has 2 aromatic heterocycles. The molecule has 0 bridgehead atoms. The molecule has 0 atom stereocenters. The van der Waals surface area contributed by atoms with E-state index in [1.807, 2.05) is 30.5 Å². The van der Waals surface area contributed by atoms with Crippen molar-refractivity contribution in [1.29, 1.82) is 0 Å². The number of rotatable bonds is 5. The Morgan fingerprint density at radius 2 is 1.79 bits per heavy atom. The molecular formula is C18H12Cl2N6O2. The number of anilines is 4. The summed E-state index contributed by atoms with van der Waals surface area (Å²) in [5.41, 5.74) is 1.99. The normalized spacial score (nSPS) is 10.8. The molecule has 0 saturated carbocycles. The molecule has 0 saturated heterocycles. The van der Waals surface area contributed by atoms with Crippen LogP contribution in [0, 0.1) is 10.1 Å². The third-order valence-electron chi connectivity index (χ3n) is 3.96. The second-order valence-electron chi connectivity index (χ2n) is 5.84. The number of hydrogen-bond donors (Lipinski definition) is 3. The molecule has 0 spiro atoms. The van der Waals surface area contributed by atoms with Crippen LogP contribution < -0.4 is 10.6 Å². The number of benzene rings is 2. The molecule has 0 aliphatic heterocycles. The van der Waals surface area contributed by atoms with Gasteiger partial charge < -0.3 is 15.6 Å². The van der Waals surface area contributed by atoms with Crippen LogP contribution in [0.5, 0.6) is 0 Å². The first-order chi connectivity index (χ1) is 13.5. The van der Waals surface area contributed by atoms with Crippen molar-refractivity contribution >= 4 is 62.9 Å². The summed E-state index contributed by atoms with van der Waals surface area (Å²) in [7, 11) is 0. The van der Waals surface area contributed by atoms with E-state index in [0.29, 0.717) is 15.7 Å². The van der Waals surface area contributed by atoms with Gasteiger partial charge in [0.2, 0.25) is 11.8 Å². The van der Waals surface area contributed by atoms with E-state index in [1.54, 1.807) is 18.2 Å². The van der Waals surface area contributed by atoms with Crippen LogP contribution in [-0.4, -0.2) is 19.9 Å². The Hall–Kier alpha value is -3.36. The minimum absolute atomic E-state index is 0.0311. The molecule has 0 radical (unpaired) electrons. The summed E-state index contributed by atoms with van der Waals surface area (Å²) in [4.78, 5) is 22.2. The fraction of sp³-hybridized carbons (Fsp3) is 0. The smallest absolute Gasteiger partial charge is 0.329 e. The molecule has 4 rings (SSSR count). The topological polar surface area (TPSA) is 109 Å². The van der Waals surface area contributed by atoms with Crippen molar-refractivity contribution in [3.8, 4) is 0 Å². The second kappa shape index (κ2) is 7.34. The average Bonchev–Trinajstić information content (AvgIpc) is 3.12. The zero-order valence-electron chi connectivity index (χ0n) is 14.1. The van der Waals surface area contributed by atoms with E-state index in [1.165, 1.54) is 0 Å². The average molecular weight is 415 g/mol. The summed E-state index contributed by atoms with van der Waals surface area (Å²) < 4.78 is 0. The first-order valence-electron chi connectivity index (χ1n) is 8.07. The van der Waals surface area contributed by atoms with Crippen molar-refractivity contribution < 1.29 is 4.92 Å². The first kappa shape index (κ1) is 18.0. The number of hydrogen-bond acceptors (Lipinski definition) is 6. The quantitative estimate of drug-likeness (QED) is 0.287. The third-order valence-corrected chi connectivity index (χ3v) is 4.70. The van der Waals surface area contributed by atoms with E-state index < -0.39 is 4.92 Å². The monoisotopic (exact) mass is 414 g/mol. The Morgan fingerprint density at radius 3 is 2.57 bits per heavy atom. The highest BCUT2D eigenvalue weighted by molar-refractivity contribution is 6.42. The van der Waals surface area contributed by atoms with E-state index in [-0.39, 0.29) is 17.5 Å². The lowest BCUT2D eigenvalue weighted by Crippen LogP contribution is -2.04. The Labute approximate surface area is 168 Å². The Balaban J connectivity index is 1.66. The van der Waals surface area contributed by atoms with Crippen molar-refractivity contribution in [2.45, 2.75) is 0 Å². The predicted octanol–water partition coefficient (Wildman–Crippen LogP) is 5.66. The van der Waals surface area contributed by atoms with E-state index in [9.17, 15) is 10.1 Å². The molecular weight excluding hydrogens is 403 g/mol. The van der Waals surface area contributed by atoms with Crippen LogP contribution in [0.25, 0.3) is 10.9 Å². The molecule has 2 aromatic carbocycles. The van der Waals surface area contributed by atoms with Crippen molar-refractivity contribution in [2.24, 2.45) is 0 Å². The Bertz CT molecular complexity index is 1190. The van der Waals surface area contributed by atoms with Crippen LogP contribution in [0.2, 0.25) is 10.0 Å². The van der Waals surface area contributed by atoms with Gasteiger partial charge in [0, 0.05) is 28.5 Å². The maximum atomic E-state index is 11.3. The number of aromatic nitrogens is 3. The standard InChI is InChI=1S/C18H12Cl2N6O2/c19-13-3-1-12(8-14(13)20)23-17-16(26(27)28)9-22-18(25-17)24-11-2-4-15-10(7-11)5-6-21-15/h1-9,21H,(H2,22,23,24,25). The third kappa shape index (κ3) is 3.68. The van der Waals surface area contributed by atoms with Gasteiger partial charge in [-0.25, -0.2) is 4.98 Å². The molecule has 8 nitrogen and oxygen atoms in total. The largest absolute Gasteiger partial charge is 0.361 e. The van der Waals surface area contributed by atoms with Gasteiger partial charge in [0.25, 0.3) is 0 Å². The van der Waals surface area contributed by atoms with Crippen molar-refractivity contribution in [3.05, 3.63) is 75.0 Å². The van der Waals surface area contributed by atoms with Gasteiger partial charge in [0.05, 0.1) is 15.0 Å². The molecule has 3 N–H and O–H groups in total. The van der Waals surface area contributed by atoms with Gasteiger partial charge >= 0.3 is 5.69 Å². The van der Waals surface area contributed by atoms with E-state index in [0.717, 1.165) is 22.8 Å². The summed E-state index contributed by atoms with van der Waals surface area (Å²) in [6.45, 7) is 0. The Kier molecular flexibility index (Phi) is 4.72. The maximum absolute atomic E-state index is 11.3.